The topological polar surface area (TPSA) is 46.2 Å². The lowest BCUT2D eigenvalue weighted by atomic mass is 10.0. The van der Waals surface area contributed by atoms with Gasteiger partial charge in [-0.05, 0) is 35.4 Å². The van der Waals surface area contributed by atoms with E-state index < -0.39 is 17.7 Å². The van der Waals surface area contributed by atoms with Crippen LogP contribution in [0.3, 0.4) is 0 Å². The molecule has 0 aliphatic rings. The van der Waals surface area contributed by atoms with Gasteiger partial charge in [-0.2, -0.15) is 0 Å². The van der Waals surface area contributed by atoms with Gasteiger partial charge in [-0.1, -0.05) is 12.1 Å². The molecule has 18 heavy (non-hydrogen) atoms. The molecule has 0 radical (unpaired) electrons. The molecule has 0 aliphatic heterocycles. The Morgan fingerprint density at radius 3 is 2.33 bits per heavy atom. The third-order valence-electron chi connectivity index (χ3n) is 2.65. The van der Waals surface area contributed by atoms with Gasteiger partial charge in [0.05, 0.1) is 6.10 Å². The Morgan fingerprint density at radius 1 is 1.06 bits per heavy atom. The second kappa shape index (κ2) is 5.14. The Hall–Kier alpha value is -1.94. The Bertz CT molecular complexity index is 537. The predicted molar refractivity (Wildman–Crippen MR) is 65.9 cm³/mol. The summed E-state index contributed by atoms with van der Waals surface area (Å²) >= 11 is 0. The van der Waals surface area contributed by atoms with Crippen LogP contribution in [-0.2, 0) is 6.42 Å². The van der Waals surface area contributed by atoms with Crippen LogP contribution in [0.2, 0.25) is 0 Å². The van der Waals surface area contributed by atoms with Gasteiger partial charge in [-0.15, -0.1) is 0 Å². The first-order chi connectivity index (χ1) is 8.54. The predicted octanol–water partition coefficient (Wildman–Crippen LogP) is 2.82. The molecule has 0 saturated carbocycles. The van der Waals surface area contributed by atoms with Crippen molar-refractivity contribution in [2.24, 2.45) is 0 Å². The maximum Gasteiger partial charge on any atom is 0.126 e. The maximum absolute atomic E-state index is 13.0. The number of anilines is 1. The Labute approximate surface area is 104 Å². The minimum atomic E-state index is -0.838. The molecule has 3 N–H and O–H groups in total. The SMILES string of the molecule is Nc1cccc(C(O)Cc2cc(F)cc(F)c2)c1. The van der Waals surface area contributed by atoms with Crippen molar-refractivity contribution in [3.8, 4) is 0 Å². The molecule has 0 aromatic heterocycles. The number of halogens is 2. The number of rotatable bonds is 3. The molecule has 2 rings (SSSR count). The van der Waals surface area contributed by atoms with Crippen LogP contribution < -0.4 is 5.73 Å². The van der Waals surface area contributed by atoms with Crippen LogP contribution >= 0.6 is 0 Å². The highest BCUT2D eigenvalue weighted by Gasteiger charge is 2.10. The van der Waals surface area contributed by atoms with Gasteiger partial charge in [0.2, 0.25) is 0 Å². The van der Waals surface area contributed by atoms with Crippen LogP contribution in [0.4, 0.5) is 14.5 Å². The number of nitrogens with two attached hydrogens (primary N) is 1. The second-order valence-electron chi connectivity index (χ2n) is 4.17. The molecule has 0 bridgehead atoms. The van der Waals surface area contributed by atoms with Crippen LogP contribution in [0.15, 0.2) is 42.5 Å². The maximum atomic E-state index is 13.0. The van der Waals surface area contributed by atoms with Crippen molar-refractivity contribution >= 4 is 5.69 Å². The number of hydrogen-bond acceptors (Lipinski definition) is 2. The first kappa shape index (κ1) is 12.5. The van der Waals surface area contributed by atoms with E-state index in [1.165, 1.54) is 12.1 Å². The van der Waals surface area contributed by atoms with Crippen LogP contribution in [-0.4, -0.2) is 5.11 Å². The molecule has 0 heterocycles. The van der Waals surface area contributed by atoms with E-state index in [-0.39, 0.29) is 6.42 Å². The first-order valence-corrected chi connectivity index (χ1v) is 5.53. The fourth-order valence-electron chi connectivity index (χ4n) is 1.84. The third-order valence-corrected chi connectivity index (χ3v) is 2.65. The van der Waals surface area contributed by atoms with Crippen molar-refractivity contribution in [3.63, 3.8) is 0 Å². The van der Waals surface area contributed by atoms with Crippen molar-refractivity contribution in [3.05, 3.63) is 65.2 Å². The zero-order chi connectivity index (χ0) is 13.1. The average molecular weight is 249 g/mol. The van der Waals surface area contributed by atoms with E-state index >= 15 is 0 Å². The molecule has 1 atom stereocenters. The minimum Gasteiger partial charge on any atom is -0.399 e. The standard InChI is InChI=1S/C14H13F2NO/c15-11-4-9(5-12(16)8-11)6-14(18)10-2-1-3-13(17)7-10/h1-5,7-8,14,18H,6,17H2. The number of benzene rings is 2. The molecule has 0 aliphatic carbocycles. The number of hydrogen-bond donors (Lipinski definition) is 2. The lowest BCUT2D eigenvalue weighted by Gasteiger charge is -2.12. The Kier molecular flexibility index (Phi) is 3.58. The number of aliphatic hydroxyl groups is 1. The van der Waals surface area contributed by atoms with Gasteiger partial charge >= 0.3 is 0 Å². The van der Waals surface area contributed by atoms with E-state index in [4.69, 9.17) is 5.73 Å². The highest BCUT2D eigenvalue weighted by Crippen LogP contribution is 2.21. The molecule has 0 amide bonds. The molecule has 94 valence electrons. The molecule has 0 spiro atoms. The van der Waals surface area contributed by atoms with Gasteiger partial charge in [0.15, 0.2) is 0 Å². The van der Waals surface area contributed by atoms with Gasteiger partial charge in [0, 0.05) is 18.2 Å². The van der Waals surface area contributed by atoms with Crippen molar-refractivity contribution in [1.82, 2.24) is 0 Å². The fourth-order valence-corrected chi connectivity index (χ4v) is 1.84. The van der Waals surface area contributed by atoms with E-state index in [9.17, 15) is 13.9 Å². The number of nitrogen functional groups attached to an aromatic ring is 1. The summed E-state index contributed by atoms with van der Waals surface area (Å²) in [6.45, 7) is 0. The molecule has 1 unspecified atom stereocenters. The van der Waals surface area contributed by atoms with Gasteiger partial charge in [-0.25, -0.2) is 8.78 Å². The normalized spacial score (nSPS) is 12.4. The van der Waals surface area contributed by atoms with Crippen LogP contribution in [0.5, 0.6) is 0 Å². The minimum absolute atomic E-state index is 0.137. The van der Waals surface area contributed by atoms with Crippen molar-refractivity contribution in [2.45, 2.75) is 12.5 Å². The summed E-state index contributed by atoms with van der Waals surface area (Å²) in [4.78, 5) is 0. The lowest BCUT2D eigenvalue weighted by molar-refractivity contribution is 0.178. The Morgan fingerprint density at radius 2 is 1.72 bits per heavy atom. The monoisotopic (exact) mass is 249 g/mol. The van der Waals surface area contributed by atoms with Crippen molar-refractivity contribution < 1.29 is 13.9 Å². The van der Waals surface area contributed by atoms with E-state index in [1.807, 2.05) is 0 Å². The average Bonchev–Trinajstić information content (AvgIpc) is 2.27. The molecule has 2 nitrogen and oxygen atoms in total. The first-order valence-electron chi connectivity index (χ1n) is 5.53. The largest absolute Gasteiger partial charge is 0.399 e. The molecule has 0 fully saturated rings. The third kappa shape index (κ3) is 3.05. The van der Waals surface area contributed by atoms with Gasteiger partial charge in [0.1, 0.15) is 11.6 Å². The molecular formula is C14H13F2NO. The fraction of sp³-hybridized carbons (Fsp3) is 0.143. The quantitative estimate of drug-likeness (QED) is 0.822. The van der Waals surface area contributed by atoms with Gasteiger partial charge in [-0.3, -0.25) is 0 Å². The molecule has 4 heteroatoms. The summed E-state index contributed by atoms with van der Waals surface area (Å²) in [5, 5.41) is 9.98. The van der Waals surface area contributed by atoms with Crippen molar-refractivity contribution in [1.29, 1.82) is 0 Å². The summed E-state index contributed by atoms with van der Waals surface area (Å²) in [5.74, 6) is -1.30. The van der Waals surface area contributed by atoms with Gasteiger partial charge < -0.3 is 10.8 Å². The lowest BCUT2D eigenvalue weighted by Crippen LogP contribution is -2.03. The summed E-state index contributed by atoms with van der Waals surface area (Å²) < 4.78 is 26.0. The Balaban J connectivity index is 2.18. The highest BCUT2D eigenvalue weighted by atomic mass is 19.1. The summed E-state index contributed by atoms with van der Waals surface area (Å²) in [7, 11) is 0. The van der Waals surface area contributed by atoms with Crippen LogP contribution in [0, 0.1) is 11.6 Å². The molecule has 2 aromatic carbocycles. The van der Waals surface area contributed by atoms with E-state index in [1.54, 1.807) is 24.3 Å². The van der Waals surface area contributed by atoms with E-state index in [2.05, 4.69) is 0 Å². The highest BCUT2D eigenvalue weighted by molar-refractivity contribution is 5.41. The van der Waals surface area contributed by atoms with Crippen LogP contribution in [0.1, 0.15) is 17.2 Å². The molecular weight excluding hydrogens is 236 g/mol. The van der Waals surface area contributed by atoms with Crippen molar-refractivity contribution in [2.75, 3.05) is 5.73 Å². The second-order valence-corrected chi connectivity index (χ2v) is 4.17. The summed E-state index contributed by atoms with van der Waals surface area (Å²) in [5.41, 5.74) is 7.18. The number of aliphatic hydroxyl groups excluding tert-OH is 1. The van der Waals surface area contributed by atoms with Gasteiger partial charge in [0.25, 0.3) is 0 Å². The molecule has 0 saturated heterocycles. The zero-order valence-electron chi connectivity index (χ0n) is 9.61. The van der Waals surface area contributed by atoms with Crippen LogP contribution in [0.25, 0.3) is 0 Å². The smallest absolute Gasteiger partial charge is 0.126 e. The van der Waals surface area contributed by atoms with E-state index in [0.29, 0.717) is 16.8 Å². The summed E-state index contributed by atoms with van der Waals surface area (Å²) in [6, 6.07) is 10.0. The molecule has 2 aromatic rings. The summed E-state index contributed by atoms with van der Waals surface area (Å²) in [6.07, 6.45) is -0.701. The zero-order valence-corrected chi connectivity index (χ0v) is 9.61. The van der Waals surface area contributed by atoms with E-state index in [0.717, 1.165) is 6.07 Å².